The molecule has 0 spiro atoms. The lowest BCUT2D eigenvalue weighted by Crippen LogP contribution is -2.27. The third-order valence-corrected chi connectivity index (χ3v) is 2.85. The molecule has 0 aromatic carbocycles. The predicted octanol–water partition coefficient (Wildman–Crippen LogP) is 1.21. The molecular weight excluding hydrogens is 242 g/mol. The Hall–Kier alpha value is -1.85. The van der Waals surface area contributed by atoms with Gasteiger partial charge in [0.15, 0.2) is 0 Å². The summed E-state index contributed by atoms with van der Waals surface area (Å²) in [5, 5.41) is 5.65. The molecule has 0 aliphatic rings. The quantitative estimate of drug-likeness (QED) is 0.809. The van der Waals surface area contributed by atoms with Crippen LogP contribution in [0.2, 0.25) is 0 Å². The van der Waals surface area contributed by atoms with E-state index >= 15 is 0 Å². The van der Waals surface area contributed by atoms with Crippen LogP contribution in [0, 0.1) is 0 Å². The van der Waals surface area contributed by atoms with Crippen LogP contribution < -0.4 is 15.5 Å². The fourth-order valence-electron chi connectivity index (χ4n) is 1.54. The second-order valence-corrected chi connectivity index (χ2v) is 4.72. The van der Waals surface area contributed by atoms with Gasteiger partial charge in [-0.05, 0) is 0 Å². The number of carbonyl (C=O) groups is 1. The van der Waals surface area contributed by atoms with Crippen LogP contribution >= 0.6 is 0 Å². The number of aromatic nitrogens is 2. The second kappa shape index (κ2) is 6.92. The van der Waals surface area contributed by atoms with Gasteiger partial charge in [-0.1, -0.05) is 13.8 Å². The van der Waals surface area contributed by atoms with Crippen molar-refractivity contribution < 1.29 is 4.79 Å². The molecule has 1 aromatic heterocycles. The van der Waals surface area contributed by atoms with Crippen LogP contribution in [0.25, 0.3) is 0 Å². The van der Waals surface area contributed by atoms with E-state index in [0.29, 0.717) is 13.0 Å². The van der Waals surface area contributed by atoms with E-state index in [4.69, 9.17) is 0 Å². The van der Waals surface area contributed by atoms with Crippen LogP contribution in [0.5, 0.6) is 0 Å². The van der Waals surface area contributed by atoms with Crippen molar-refractivity contribution >= 4 is 17.5 Å². The lowest BCUT2D eigenvalue weighted by atomic mass is 10.2. The van der Waals surface area contributed by atoms with Gasteiger partial charge < -0.3 is 15.5 Å². The number of amides is 1. The van der Waals surface area contributed by atoms with Crippen molar-refractivity contribution in [2.45, 2.75) is 26.2 Å². The summed E-state index contributed by atoms with van der Waals surface area (Å²) < 4.78 is 0. The molecule has 1 amide bonds. The SMILES string of the molecule is CNC(=O)CCN(C)c1cc(NC)nc(C(C)C)n1. The van der Waals surface area contributed by atoms with E-state index in [1.807, 2.05) is 25.1 Å². The van der Waals surface area contributed by atoms with Gasteiger partial charge >= 0.3 is 0 Å². The lowest BCUT2D eigenvalue weighted by Gasteiger charge is -2.19. The van der Waals surface area contributed by atoms with Gasteiger partial charge in [-0.25, -0.2) is 9.97 Å². The maximum Gasteiger partial charge on any atom is 0.221 e. The number of nitrogens with zero attached hydrogens (tertiary/aromatic N) is 3. The summed E-state index contributed by atoms with van der Waals surface area (Å²) in [6.07, 6.45) is 0.447. The van der Waals surface area contributed by atoms with Crippen molar-refractivity contribution in [3.63, 3.8) is 0 Å². The minimum absolute atomic E-state index is 0.0267. The molecule has 6 nitrogen and oxygen atoms in total. The second-order valence-electron chi connectivity index (χ2n) is 4.72. The van der Waals surface area contributed by atoms with Crippen LogP contribution in [0.4, 0.5) is 11.6 Å². The molecule has 0 atom stereocenters. The molecule has 0 saturated carbocycles. The van der Waals surface area contributed by atoms with Gasteiger partial charge in [-0.2, -0.15) is 0 Å². The van der Waals surface area contributed by atoms with Gasteiger partial charge in [0.2, 0.25) is 5.91 Å². The standard InChI is InChI=1S/C13H23N5O/c1-9(2)13-16-10(14-3)8-11(17-13)18(5)7-6-12(19)15-4/h8-9H,6-7H2,1-5H3,(H,15,19)(H,14,16,17). The van der Waals surface area contributed by atoms with Gasteiger partial charge in [0.05, 0.1) is 0 Å². The predicted molar refractivity (Wildman–Crippen MR) is 77.6 cm³/mol. The Kier molecular flexibility index (Phi) is 5.54. The molecule has 0 fully saturated rings. The topological polar surface area (TPSA) is 70.2 Å². The van der Waals surface area contributed by atoms with Crippen molar-refractivity contribution in [2.75, 3.05) is 37.9 Å². The normalized spacial score (nSPS) is 10.4. The van der Waals surface area contributed by atoms with Crippen LogP contribution in [-0.4, -0.2) is 43.6 Å². The Labute approximate surface area is 114 Å². The third-order valence-electron chi connectivity index (χ3n) is 2.85. The summed E-state index contributed by atoms with van der Waals surface area (Å²) in [6, 6.07) is 1.88. The summed E-state index contributed by atoms with van der Waals surface area (Å²) in [5.74, 6) is 2.71. The molecule has 0 radical (unpaired) electrons. The molecule has 1 rings (SSSR count). The number of hydrogen-bond donors (Lipinski definition) is 2. The molecule has 106 valence electrons. The van der Waals surface area contributed by atoms with Gasteiger partial charge in [-0.3, -0.25) is 4.79 Å². The maximum absolute atomic E-state index is 11.3. The average molecular weight is 265 g/mol. The zero-order valence-corrected chi connectivity index (χ0v) is 12.3. The first kappa shape index (κ1) is 15.2. The number of carbonyl (C=O) groups excluding carboxylic acids is 1. The van der Waals surface area contributed by atoms with Crippen molar-refractivity contribution in [3.05, 3.63) is 11.9 Å². The van der Waals surface area contributed by atoms with Crippen LogP contribution in [0.3, 0.4) is 0 Å². The zero-order valence-electron chi connectivity index (χ0n) is 12.3. The van der Waals surface area contributed by atoms with Gasteiger partial charge in [0.25, 0.3) is 0 Å². The minimum Gasteiger partial charge on any atom is -0.373 e. The molecule has 0 aliphatic carbocycles. The summed E-state index contributed by atoms with van der Waals surface area (Å²) in [5.41, 5.74) is 0. The first-order chi connectivity index (χ1) is 8.97. The van der Waals surface area contributed by atoms with E-state index in [1.165, 1.54) is 0 Å². The van der Waals surface area contributed by atoms with Gasteiger partial charge in [0, 0.05) is 46.1 Å². The number of rotatable bonds is 6. The highest BCUT2D eigenvalue weighted by atomic mass is 16.1. The van der Waals surface area contributed by atoms with Crippen LogP contribution in [-0.2, 0) is 4.79 Å². The molecule has 0 unspecified atom stereocenters. The number of anilines is 2. The smallest absolute Gasteiger partial charge is 0.221 e. The molecular formula is C13H23N5O. The Balaban J connectivity index is 2.86. The highest BCUT2D eigenvalue weighted by molar-refractivity contribution is 5.76. The van der Waals surface area contributed by atoms with Crippen LogP contribution in [0.1, 0.15) is 32.0 Å². The summed E-state index contributed by atoms with van der Waals surface area (Å²) in [7, 11) is 5.40. The molecule has 2 N–H and O–H groups in total. The van der Waals surface area contributed by atoms with E-state index in [9.17, 15) is 4.79 Å². The fraction of sp³-hybridized carbons (Fsp3) is 0.615. The minimum atomic E-state index is 0.0267. The lowest BCUT2D eigenvalue weighted by molar-refractivity contribution is -0.120. The van der Waals surface area contributed by atoms with E-state index < -0.39 is 0 Å². The zero-order chi connectivity index (χ0) is 14.4. The summed E-state index contributed by atoms with van der Waals surface area (Å²) in [6.45, 7) is 4.74. The summed E-state index contributed by atoms with van der Waals surface area (Å²) >= 11 is 0. The van der Waals surface area contributed by atoms with E-state index in [1.54, 1.807) is 7.05 Å². The Morgan fingerprint density at radius 1 is 1.37 bits per heavy atom. The van der Waals surface area contributed by atoms with E-state index in [-0.39, 0.29) is 11.8 Å². The number of nitrogens with one attached hydrogen (secondary N) is 2. The largest absolute Gasteiger partial charge is 0.373 e. The molecule has 19 heavy (non-hydrogen) atoms. The Morgan fingerprint density at radius 2 is 2.05 bits per heavy atom. The molecule has 0 bridgehead atoms. The monoisotopic (exact) mass is 265 g/mol. The molecule has 0 saturated heterocycles. The van der Waals surface area contributed by atoms with Crippen molar-refractivity contribution in [1.29, 1.82) is 0 Å². The van der Waals surface area contributed by atoms with E-state index in [2.05, 4.69) is 34.4 Å². The highest BCUT2D eigenvalue weighted by Crippen LogP contribution is 2.19. The van der Waals surface area contributed by atoms with E-state index in [0.717, 1.165) is 17.5 Å². The van der Waals surface area contributed by atoms with Gasteiger partial charge in [0.1, 0.15) is 17.5 Å². The number of hydrogen-bond acceptors (Lipinski definition) is 5. The fourth-order valence-corrected chi connectivity index (χ4v) is 1.54. The first-order valence-corrected chi connectivity index (χ1v) is 6.46. The van der Waals surface area contributed by atoms with Crippen LogP contribution in [0.15, 0.2) is 6.07 Å². The first-order valence-electron chi connectivity index (χ1n) is 6.46. The molecule has 1 heterocycles. The van der Waals surface area contributed by atoms with Gasteiger partial charge in [-0.15, -0.1) is 0 Å². The maximum atomic E-state index is 11.3. The Morgan fingerprint density at radius 3 is 2.58 bits per heavy atom. The van der Waals surface area contributed by atoms with Crippen molar-refractivity contribution in [3.8, 4) is 0 Å². The van der Waals surface area contributed by atoms with Crippen molar-refractivity contribution in [2.24, 2.45) is 0 Å². The highest BCUT2D eigenvalue weighted by Gasteiger charge is 2.11. The molecule has 1 aromatic rings. The Bertz CT molecular complexity index is 433. The third kappa shape index (κ3) is 4.39. The average Bonchev–Trinajstić information content (AvgIpc) is 2.43. The molecule has 6 heteroatoms. The summed E-state index contributed by atoms with van der Waals surface area (Å²) in [4.78, 5) is 22.2. The molecule has 0 aliphatic heterocycles. The van der Waals surface area contributed by atoms with Crippen molar-refractivity contribution in [1.82, 2.24) is 15.3 Å².